The summed E-state index contributed by atoms with van der Waals surface area (Å²) in [6.07, 6.45) is 3.64. The first-order valence-electron chi connectivity index (χ1n) is 13.1. The fraction of sp³-hybridized carbons (Fsp3) is 0.393. The van der Waals surface area contributed by atoms with E-state index in [-0.39, 0.29) is 31.1 Å². The number of ether oxygens (including phenoxy) is 2. The van der Waals surface area contributed by atoms with Crippen LogP contribution in [-0.4, -0.2) is 66.1 Å². The molecule has 1 amide bonds. The van der Waals surface area contributed by atoms with Crippen molar-refractivity contribution in [3.63, 3.8) is 0 Å². The largest absolute Gasteiger partial charge is 0.444 e. The van der Waals surface area contributed by atoms with Gasteiger partial charge in [0, 0.05) is 54.6 Å². The fourth-order valence-electron chi connectivity index (χ4n) is 4.80. The first kappa shape index (κ1) is 28.5. The summed E-state index contributed by atoms with van der Waals surface area (Å²) in [7, 11) is 1.57. The zero-order valence-electron chi connectivity index (χ0n) is 23.1. The third-order valence-corrected chi connectivity index (χ3v) is 6.90. The van der Waals surface area contributed by atoms with E-state index in [1.54, 1.807) is 55.6 Å². The number of aromatic nitrogens is 5. The third-order valence-electron chi connectivity index (χ3n) is 6.68. The van der Waals surface area contributed by atoms with Crippen molar-refractivity contribution >= 4 is 23.2 Å². The van der Waals surface area contributed by atoms with Crippen LogP contribution >= 0.6 is 11.6 Å². The first-order valence-corrected chi connectivity index (χ1v) is 13.4. The van der Waals surface area contributed by atoms with E-state index in [1.165, 1.54) is 29.2 Å². The van der Waals surface area contributed by atoms with E-state index in [0.29, 0.717) is 34.4 Å². The average Bonchev–Trinajstić information content (AvgIpc) is 3.32. The molecule has 1 aliphatic heterocycles. The van der Waals surface area contributed by atoms with Crippen molar-refractivity contribution in [2.45, 2.75) is 45.4 Å². The predicted molar refractivity (Wildman–Crippen MR) is 150 cm³/mol. The number of halogens is 2. The molecule has 0 radical (unpaired) electrons. The standard InChI is InChI=1S/C28H30ClFN6O5/c1-28(2,3)41-27(39)34-7-8-40-19(15-34)12-20-21(10-18(29)11-22(20)30)25-23-9-17(14-36(23)32-16-31-25)13-35-24(37)5-6-33(4)26(35)38/h5-6,9-11,14,16,19H,7-8,12-13,15H2,1-4H3. The quantitative estimate of drug-likeness (QED) is 0.354. The Hall–Kier alpha value is -4.03. The molecular weight excluding hydrogens is 555 g/mol. The van der Waals surface area contributed by atoms with Gasteiger partial charge in [-0.1, -0.05) is 11.6 Å². The van der Waals surface area contributed by atoms with Crippen molar-refractivity contribution in [1.29, 1.82) is 0 Å². The van der Waals surface area contributed by atoms with E-state index in [2.05, 4.69) is 10.1 Å². The maximum atomic E-state index is 15.5. The van der Waals surface area contributed by atoms with Gasteiger partial charge >= 0.3 is 11.8 Å². The number of fused-ring (bicyclic) bond motifs is 1. The number of morpholine rings is 1. The number of hydrogen-bond acceptors (Lipinski definition) is 7. The molecule has 0 bridgehead atoms. The molecule has 11 nitrogen and oxygen atoms in total. The van der Waals surface area contributed by atoms with Crippen molar-refractivity contribution in [2.24, 2.45) is 7.05 Å². The Bertz CT molecular complexity index is 1740. The molecule has 216 valence electrons. The molecule has 5 rings (SSSR count). The van der Waals surface area contributed by atoms with Crippen LogP contribution in [0.3, 0.4) is 0 Å². The Balaban J connectivity index is 1.49. The topological polar surface area (TPSA) is 113 Å². The lowest BCUT2D eigenvalue weighted by atomic mass is 9.97. The van der Waals surface area contributed by atoms with E-state index < -0.39 is 34.9 Å². The molecule has 1 atom stereocenters. The number of hydrogen-bond donors (Lipinski definition) is 0. The van der Waals surface area contributed by atoms with Crippen LogP contribution in [0.1, 0.15) is 31.9 Å². The summed E-state index contributed by atoms with van der Waals surface area (Å²) >= 11 is 6.29. The van der Waals surface area contributed by atoms with E-state index in [0.717, 1.165) is 4.57 Å². The Labute approximate surface area is 239 Å². The monoisotopic (exact) mass is 584 g/mol. The van der Waals surface area contributed by atoms with E-state index >= 15 is 4.39 Å². The zero-order chi connectivity index (χ0) is 29.5. The van der Waals surface area contributed by atoms with Gasteiger partial charge in [-0.15, -0.1) is 0 Å². The number of rotatable bonds is 5. The van der Waals surface area contributed by atoms with Crippen LogP contribution < -0.4 is 11.2 Å². The van der Waals surface area contributed by atoms with Crippen molar-refractivity contribution in [3.05, 3.63) is 85.8 Å². The lowest BCUT2D eigenvalue weighted by Crippen LogP contribution is -2.48. The lowest BCUT2D eigenvalue weighted by Gasteiger charge is -2.34. The Morgan fingerprint density at radius 2 is 2.02 bits per heavy atom. The third kappa shape index (κ3) is 6.18. The Morgan fingerprint density at radius 1 is 1.24 bits per heavy atom. The molecule has 0 saturated carbocycles. The minimum Gasteiger partial charge on any atom is -0.444 e. The minimum absolute atomic E-state index is 0.0162. The van der Waals surface area contributed by atoms with Crippen molar-refractivity contribution in [2.75, 3.05) is 19.7 Å². The normalized spacial score (nSPS) is 15.9. The van der Waals surface area contributed by atoms with E-state index in [9.17, 15) is 14.4 Å². The van der Waals surface area contributed by atoms with Crippen LogP contribution in [0.5, 0.6) is 0 Å². The highest BCUT2D eigenvalue weighted by molar-refractivity contribution is 6.31. The second kappa shape index (κ2) is 11.1. The average molecular weight is 585 g/mol. The second-order valence-electron chi connectivity index (χ2n) is 11.0. The van der Waals surface area contributed by atoms with Gasteiger partial charge in [-0.25, -0.2) is 23.5 Å². The molecule has 13 heteroatoms. The number of carbonyl (C=O) groups excluding carboxylic acids is 1. The maximum absolute atomic E-state index is 15.5. The van der Waals surface area contributed by atoms with Crippen LogP contribution in [0.2, 0.25) is 5.02 Å². The summed E-state index contributed by atoms with van der Waals surface area (Å²) < 4.78 is 30.9. The highest BCUT2D eigenvalue weighted by Gasteiger charge is 2.30. The minimum atomic E-state index is -0.643. The fourth-order valence-corrected chi connectivity index (χ4v) is 5.01. The number of amides is 1. The number of carbonyl (C=O) groups is 1. The van der Waals surface area contributed by atoms with Gasteiger partial charge in [-0.2, -0.15) is 5.10 Å². The molecule has 1 unspecified atom stereocenters. The predicted octanol–water partition coefficient (Wildman–Crippen LogP) is 3.28. The first-order chi connectivity index (χ1) is 19.4. The van der Waals surface area contributed by atoms with Gasteiger partial charge in [0.25, 0.3) is 5.56 Å². The van der Waals surface area contributed by atoms with Crippen molar-refractivity contribution in [1.82, 2.24) is 28.6 Å². The zero-order valence-corrected chi connectivity index (χ0v) is 23.9. The smallest absolute Gasteiger partial charge is 0.410 e. The number of aryl methyl sites for hydroxylation is 1. The van der Waals surface area contributed by atoms with E-state index in [4.69, 9.17) is 21.1 Å². The van der Waals surface area contributed by atoms with Crippen molar-refractivity contribution in [3.8, 4) is 11.3 Å². The van der Waals surface area contributed by atoms with E-state index in [1.807, 2.05) is 0 Å². The molecule has 0 N–H and O–H groups in total. The molecule has 1 fully saturated rings. The van der Waals surface area contributed by atoms with Gasteiger partial charge < -0.3 is 18.9 Å². The SMILES string of the molecule is Cn1ccc(=O)n(Cc2cc3c(-c4cc(Cl)cc(F)c4CC4CN(C(=O)OC(C)(C)C)CCO4)ncnn3c2)c1=O. The van der Waals surface area contributed by atoms with Gasteiger partial charge in [0.2, 0.25) is 0 Å². The number of benzene rings is 1. The molecular formula is C28H30ClFN6O5. The highest BCUT2D eigenvalue weighted by atomic mass is 35.5. The van der Waals surface area contributed by atoms with Crippen LogP contribution in [0.15, 0.2) is 52.6 Å². The summed E-state index contributed by atoms with van der Waals surface area (Å²) in [6, 6.07) is 5.92. The molecule has 4 heterocycles. The molecule has 0 aliphatic carbocycles. The Morgan fingerprint density at radius 3 is 2.78 bits per heavy atom. The summed E-state index contributed by atoms with van der Waals surface area (Å²) in [5.74, 6) is -0.534. The van der Waals surface area contributed by atoms with Gasteiger partial charge in [0.1, 0.15) is 17.7 Å². The summed E-state index contributed by atoms with van der Waals surface area (Å²) in [6.45, 7) is 6.29. The summed E-state index contributed by atoms with van der Waals surface area (Å²) in [5.41, 5.74) is 0.815. The van der Waals surface area contributed by atoms with Gasteiger partial charge in [-0.05, 0) is 44.5 Å². The molecule has 3 aromatic heterocycles. The van der Waals surface area contributed by atoms with Gasteiger partial charge in [0.15, 0.2) is 0 Å². The summed E-state index contributed by atoms with van der Waals surface area (Å²) in [4.78, 5) is 43.5. The number of nitrogens with zero attached hydrogens (tertiary/aromatic N) is 6. The van der Waals surface area contributed by atoms with Crippen molar-refractivity contribution < 1.29 is 18.7 Å². The highest BCUT2D eigenvalue weighted by Crippen LogP contribution is 2.33. The molecule has 41 heavy (non-hydrogen) atoms. The van der Waals surface area contributed by atoms with Crippen LogP contribution in [0, 0.1) is 5.82 Å². The van der Waals surface area contributed by atoms with Crippen LogP contribution in [-0.2, 0) is 29.5 Å². The van der Waals surface area contributed by atoms with Crippen LogP contribution in [0.4, 0.5) is 9.18 Å². The van der Waals surface area contributed by atoms with Crippen LogP contribution in [0.25, 0.3) is 16.8 Å². The molecule has 4 aromatic rings. The molecule has 1 saturated heterocycles. The molecule has 0 spiro atoms. The molecule has 1 aromatic carbocycles. The maximum Gasteiger partial charge on any atom is 0.410 e. The molecule has 1 aliphatic rings. The lowest BCUT2D eigenvalue weighted by molar-refractivity contribution is -0.0416. The van der Waals surface area contributed by atoms with Gasteiger partial charge in [0.05, 0.1) is 37.0 Å². The Kier molecular flexibility index (Phi) is 7.71. The summed E-state index contributed by atoms with van der Waals surface area (Å²) in [5, 5.41) is 4.45. The van der Waals surface area contributed by atoms with Gasteiger partial charge in [-0.3, -0.25) is 9.36 Å². The second-order valence-corrected chi connectivity index (χ2v) is 11.4.